The number of carbonyl (C=O) groups excluding carboxylic acids is 4. The molecule has 4 aliphatic rings. The molecule has 2 unspecified atom stereocenters. The van der Waals surface area contributed by atoms with Crippen molar-refractivity contribution in [1.82, 2.24) is 0 Å². The van der Waals surface area contributed by atoms with Crippen molar-refractivity contribution in [3.8, 4) is 23.0 Å². The number of fused-ring (bicyclic) bond motifs is 12. The lowest BCUT2D eigenvalue weighted by Gasteiger charge is -2.38. The van der Waals surface area contributed by atoms with Gasteiger partial charge in [0, 0.05) is 88.5 Å². The number of unbranched alkanes of at least 4 members (excludes halogenated alkanes) is 4. The molecule has 14 nitrogen and oxygen atoms in total. The molecule has 0 aliphatic carbocycles. The standard InChI is InChI=1S/C79H84N4O10/c1-11-17-41-80(42-18-12-2)57-37-39-63-71(47-57)90-69-45-51(7)67(49-65(69)78(63)61-27-23-21-25-59(61)73(84)92-78)82(75(86)88-15-5)55-33-29-53(30-34-55)77(9,10)54-31-35-56(36-32-54)83(76(87)89-16-6)68-50-66-70(46-52(68)8)91-72-48-58(81(43-19-13-3)44-20-14-4)38-40-64(72)79(66)62-28-24-22-26-60(62)74(85)93-79/h21-40,45-50H,11-20,41-44H2,1-10H3. The molecule has 14 heteroatoms. The smallest absolute Gasteiger partial charge is 0.418 e. The van der Waals surface area contributed by atoms with Crippen LogP contribution in [0.25, 0.3) is 0 Å². The quantitative estimate of drug-likeness (QED) is 0.0472. The van der Waals surface area contributed by atoms with Crippen molar-refractivity contribution in [1.29, 1.82) is 0 Å². The van der Waals surface area contributed by atoms with Gasteiger partial charge in [-0.1, -0.05) is 128 Å². The molecule has 0 saturated carbocycles. The highest BCUT2D eigenvalue weighted by atomic mass is 16.6. The number of hydrogen-bond donors (Lipinski definition) is 0. The summed E-state index contributed by atoms with van der Waals surface area (Å²) in [5.74, 6) is 1.36. The van der Waals surface area contributed by atoms with E-state index in [0.717, 1.165) is 111 Å². The number of rotatable bonds is 22. The summed E-state index contributed by atoms with van der Waals surface area (Å²) in [6, 6.07) is 50.8. The average Bonchev–Trinajstić information content (AvgIpc) is 1.63. The van der Waals surface area contributed by atoms with Gasteiger partial charge in [-0.15, -0.1) is 0 Å². The van der Waals surface area contributed by atoms with Gasteiger partial charge in [-0.2, -0.15) is 0 Å². The Bertz CT molecular complexity index is 3880. The molecule has 0 N–H and O–H groups in total. The second-order valence-corrected chi connectivity index (χ2v) is 25.2. The van der Waals surface area contributed by atoms with Crippen LogP contribution in [0.15, 0.2) is 158 Å². The molecule has 0 aromatic heterocycles. The minimum atomic E-state index is -1.38. The second-order valence-electron chi connectivity index (χ2n) is 25.2. The molecule has 4 aliphatic heterocycles. The number of nitrogens with zero attached hydrogens (tertiary/aromatic N) is 4. The lowest BCUT2D eigenvalue weighted by Crippen LogP contribution is -2.34. The molecule has 0 radical (unpaired) electrons. The first-order valence-corrected chi connectivity index (χ1v) is 33.3. The summed E-state index contributed by atoms with van der Waals surface area (Å²) in [7, 11) is 0. The minimum absolute atomic E-state index is 0.132. The first-order valence-electron chi connectivity index (χ1n) is 33.3. The predicted molar refractivity (Wildman–Crippen MR) is 366 cm³/mol. The van der Waals surface area contributed by atoms with Gasteiger partial charge in [0.25, 0.3) is 0 Å². The van der Waals surface area contributed by atoms with Crippen LogP contribution in [0, 0.1) is 13.8 Å². The Hall–Kier alpha value is -9.56. The van der Waals surface area contributed by atoms with E-state index in [4.69, 9.17) is 28.4 Å². The molecule has 2 atom stereocenters. The van der Waals surface area contributed by atoms with Crippen LogP contribution in [0.4, 0.5) is 43.7 Å². The van der Waals surface area contributed by atoms with Crippen LogP contribution in [0.3, 0.4) is 0 Å². The normalized spacial score (nSPS) is 16.2. The summed E-state index contributed by atoms with van der Waals surface area (Å²) in [5.41, 5.74) is 9.18. The average molecular weight is 1250 g/mol. The van der Waals surface area contributed by atoms with E-state index in [2.05, 4.69) is 75.6 Å². The third kappa shape index (κ3) is 11.2. The molecule has 0 bridgehead atoms. The lowest BCUT2D eigenvalue weighted by molar-refractivity contribution is 0.0214. The predicted octanol–water partition coefficient (Wildman–Crippen LogP) is 19.2. The first kappa shape index (κ1) is 63.6. The van der Waals surface area contributed by atoms with Gasteiger partial charge in [0.15, 0.2) is 11.2 Å². The minimum Gasteiger partial charge on any atom is -0.456 e. The van der Waals surface area contributed by atoms with Gasteiger partial charge in [0.1, 0.15) is 23.0 Å². The largest absolute Gasteiger partial charge is 0.456 e. The molecule has 2 spiro atoms. The highest BCUT2D eigenvalue weighted by Crippen LogP contribution is 2.60. The van der Waals surface area contributed by atoms with Crippen LogP contribution in [0.1, 0.15) is 183 Å². The number of esters is 2. The van der Waals surface area contributed by atoms with E-state index in [1.54, 1.807) is 35.8 Å². The summed E-state index contributed by atoms with van der Waals surface area (Å²) < 4.78 is 38.8. The molecule has 480 valence electrons. The van der Waals surface area contributed by atoms with Gasteiger partial charge in [0.2, 0.25) is 0 Å². The Morgan fingerprint density at radius 3 is 1.12 bits per heavy atom. The number of benzene rings is 8. The van der Waals surface area contributed by atoms with Crippen LogP contribution < -0.4 is 29.1 Å². The van der Waals surface area contributed by atoms with Crippen molar-refractivity contribution in [2.75, 3.05) is 59.0 Å². The zero-order valence-corrected chi connectivity index (χ0v) is 55.3. The fourth-order valence-electron chi connectivity index (χ4n) is 13.9. The maximum absolute atomic E-state index is 14.5. The number of ether oxygens (including phenoxy) is 6. The van der Waals surface area contributed by atoms with Gasteiger partial charge < -0.3 is 38.2 Å². The van der Waals surface area contributed by atoms with E-state index >= 15 is 0 Å². The van der Waals surface area contributed by atoms with Crippen molar-refractivity contribution >= 4 is 58.2 Å². The molecular formula is C79H84N4O10. The van der Waals surface area contributed by atoms with E-state index in [1.165, 1.54) is 0 Å². The number of hydrogen-bond acceptors (Lipinski definition) is 12. The lowest BCUT2D eigenvalue weighted by atomic mass is 9.77. The Morgan fingerprint density at radius 2 is 0.763 bits per heavy atom. The van der Waals surface area contributed by atoms with Crippen molar-refractivity contribution in [3.05, 3.63) is 224 Å². The van der Waals surface area contributed by atoms with Gasteiger partial charge >= 0.3 is 24.1 Å². The first-order chi connectivity index (χ1) is 45.1. The number of aryl methyl sites for hydroxylation is 2. The van der Waals surface area contributed by atoms with Crippen LogP contribution in [-0.4, -0.2) is 63.5 Å². The Labute approximate surface area is 546 Å². The van der Waals surface area contributed by atoms with Crippen molar-refractivity contribution in [2.24, 2.45) is 0 Å². The number of amides is 2. The molecule has 4 heterocycles. The summed E-state index contributed by atoms with van der Waals surface area (Å²) in [6.07, 6.45) is 7.34. The number of anilines is 6. The van der Waals surface area contributed by atoms with Crippen molar-refractivity contribution < 1.29 is 47.6 Å². The Morgan fingerprint density at radius 1 is 0.419 bits per heavy atom. The van der Waals surface area contributed by atoms with E-state index in [-0.39, 0.29) is 13.2 Å². The maximum Gasteiger partial charge on any atom is 0.418 e. The Balaban J connectivity index is 0.879. The SMILES string of the molecule is CCCCN(CCCC)c1ccc2c(c1)Oc1cc(C)c(N(C(=O)OCC)c3ccc(C(C)(C)c4ccc(N(C(=O)OCC)c5cc6c(cc5C)Oc5cc(N(CCCC)CCCC)ccc5C65OC(=O)c6ccccc65)cc4)cc3)cc1C21OC(=O)c2ccccc21. The summed E-state index contributed by atoms with van der Waals surface area (Å²) in [6.45, 7) is 24.4. The summed E-state index contributed by atoms with van der Waals surface area (Å²) >= 11 is 0. The zero-order valence-electron chi connectivity index (χ0n) is 55.3. The fraction of sp³-hybridized carbons (Fsp3) is 0.342. The van der Waals surface area contributed by atoms with Gasteiger partial charge in [-0.25, -0.2) is 29.0 Å². The summed E-state index contributed by atoms with van der Waals surface area (Å²) in [4.78, 5) is 65.2. The summed E-state index contributed by atoms with van der Waals surface area (Å²) in [5, 5.41) is 0. The molecule has 8 aromatic carbocycles. The molecule has 93 heavy (non-hydrogen) atoms. The van der Waals surface area contributed by atoms with E-state index in [9.17, 15) is 19.2 Å². The molecule has 0 fully saturated rings. The number of carbonyl (C=O) groups is 4. The third-order valence-electron chi connectivity index (χ3n) is 19.0. The third-order valence-corrected chi connectivity index (χ3v) is 19.0. The van der Waals surface area contributed by atoms with Gasteiger partial charge in [-0.05, 0) is 161 Å². The van der Waals surface area contributed by atoms with Crippen molar-refractivity contribution in [2.45, 2.75) is 137 Å². The maximum atomic E-state index is 14.5. The van der Waals surface area contributed by atoms with E-state index < -0.39 is 40.7 Å². The van der Waals surface area contributed by atoms with E-state index in [1.807, 2.05) is 135 Å². The van der Waals surface area contributed by atoms with Crippen molar-refractivity contribution in [3.63, 3.8) is 0 Å². The van der Waals surface area contributed by atoms with Crippen LogP contribution in [-0.2, 0) is 35.6 Å². The molecule has 2 amide bonds. The van der Waals surface area contributed by atoms with E-state index in [0.29, 0.717) is 90.3 Å². The monoisotopic (exact) mass is 1250 g/mol. The molecule has 8 aromatic rings. The van der Waals surface area contributed by atoms with Gasteiger partial charge in [-0.3, -0.25) is 0 Å². The second kappa shape index (κ2) is 26.2. The van der Waals surface area contributed by atoms with Crippen LogP contribution >= 0.6 is 0 Å². The molecule has 12 rings (SSSR count). The Kier molecular flexibility index (Phi) is 17.9. The topological polar surface area (TPSA) is 137 Å². The highest BCUT2D eigenvalue weighted by molar-refractivity contribution is 6.01. The van der Waals surface area contributed by atoms with Crippen LogP contribution in [0.2, 0.25) is 0 Å². The zero-order chi connectivity index (χ0) is 65.3. The van der Waals surface area contributed by atoms with Gasteiger partial charge in [0.05, 0.1) is 47.1 Å². The highest BCUT2D eigenvalue weighted by Gasteiger charge is 2.56. The molecule has 0 saturated heterocycles. The molecular weight excluding hydrogens is 1160 g/mol. The fourth-order valence-corrected chi connectivity index (χ4v) is 13.9. The van der Waals surface area contributed by atoms with Crippen LogP contribution in [0.5, 0.6) is 23.0 Å².